The molecule has 0 fully saturated rings. The second kappa shape index (κ2) is 7.28. The quantitative estimate of drug-likeness (QED) is 0.789. The number of hydrogen-bond donors (Lipinski definition) is 0. The van der Waals surface area contributed by atoms with Gasteiger partial charge in [-0.05, 0) is 42.4 Å². The van der Waals surface area contributed by atoms with E-state index in [2.05, 4.69) is 12.1 Å². The first kappa shape index (κ1) is 16.2. The third-order valence-electron chi connectivity index (χ3n) is 4.45. The summed E-state index contributed by atoms with van der Waals surface area (Å²) < 4.78 is 26.6. The van der Waals surface area contributed by atoms with Gasteiger partial charge in [0.15, 0.2) is 0 Å². The minimum absolute atomic E-state index is 0.225. The van der Waals surface area contributed by atoms with Crippen LogP contribution in [0.3, 0.4) is 0 Å². The highest BCUT2D eigenvalue weighted by atomic mass is 32.2. The number of benzene rings is 2. The van der Waals surface area contributed by atoms with Gasteiger partial charge < -0.3 is 0 Å². The van der Waals surface area contributed by atoms with Crippen LogP contribution < -0.4 is 0 Å². The van der Waals surface area contributed by atoms with Crippen LogP contribution in [-0.4, -0.2) is 25.0 Å². The lowest BCUT2D eigenvalue weighted by Crippen LogP contribution is -2.32. The maximum absolute atomic E-state index is 12.5. The molecule has 0 amide bonds. The molecule has 1 aliphatic heterocycles. The summed E-state index contributed by atoms with van der Waals surface area (Å²) in [6.45, 7) is 1.13. The third kappa shape index (κ3) is 4.21. The van der Waals surface area contributed by atoms with Crippen molar-refractivity contribution >= 4 is 10.0 Å². The Hall–Kier alpha value is -1.65. The summed E-state index contributed by atoms with van der Waals surface area (Å²) in [5, 5.41) is 0. The van der Waals surface area contributed by atoms with Crippen molar-refractivity contribution in [3.05, 3.63) is 71.3 Å². The smallest absolute Gasteiger partial charge is 0.212 e. The molecule has 0 aliphatic carbocycles. The Balaban J connectivity index is 1.59. The molecule has 0 atom stereocenters. The Morgan fingerprint density at radius 1 is 0.870 bits per heavy atom. The van der Waals surface area contributed by atoms with Gasteiger partial charge in [-0.2, -0.15) is 4.31 Å². The molecule has 0 saturated heterocycles. The van der Waals surface area contributed by atoms with E-state index in [1.807, 2.05) is 42.5 Å². The van der Waals surface area contributed by atoms with Crippen LogP contribution in [0.4, 0.5) is 0 Å². The summed E-state index contributed by atoms with van der Waals surface area (Å²) in [4.78, 5) is 0. The zero-order valence-electron chi connectivity index (χ0n) is 13.3. The summed E-state index contributed by atoms with van der Waals surface area (Å²) in [6, 6.07) is 18.4. The molecule has 0 radical (unpaired) electrons. The van der Waals surface area contributed by atoms with Gasteiger partial charge in [0.2, 0.25) is 10.0 Å². The Morgan fingerprint density at radius 2 is 1.57 bits per heavy atom. The predicted octanol–water partition coefficient (Wildman–Crippen LogP) is 3.40. The molecule has 4 heteroatoms. The van der Waals surface area contributed by atoms with E-state index in [9.17, 15) is 8.42 Å². The molecule has 3 nitrogen and oxygen atoms in total. The highest BCUT2D eigenvalue weighted by Gasteiger charge is 2.26. The summed E-state index contributed by atoms with van der Waals surface area (Å²) in [7, 11) is -3.14. The van der Waals surface area contributed by atoms with Gasteiger partial charge >= 0.3 is 0 Å². The van der Waals surface area contributed by atoms with Crippen molar-refractivity contribution in [1.82, 2.24) is 4.31 Å². The van der Waals surface area contributed by atoms with Gasteiger partial charge in [0.05, 0.1) is 5.75 Å². The van der Waals surface area contributed by atoms with E-state index in [0.29, 0.717) is 19.5 Å². The van der Waals surface area contributed by atoms with Crippen LogP contribution in [0.15, 0.2) is 54.6 Å². The molecule has 0 saturated carbocycles. The topological polar surface area (TPSA) is 37.4 Å². The molecule has 0 bridgehead atoms. The van der Waals surface area contributed by atoms with E-state index in [-0.39, 0.29) is 5.75 Å². The van der Waals surface area contributed by atoms with E-state index in [1.54, 1.807) is 4.31 Å². The Kier molecular flexibility index (Phi) is 5.13. The summed E-state index contributed by atoms with van der Waals surface area (Å²) in [5.74, 6) is 0.225. The van der Waals surface area contributed by atoms with Crippen molar-refractivity contribution in [2.75, 3.05) is 12.3 Å². The van der Waals surface area contributed by atoms with Crippen molar-refractivity contribution in [1.29, 1.82) is 0 Å². The number of aryl methyl sites for hydroxylation is 2. The highest BCUT2D eigenvalue weighted by Crippen LogP contribution is 2.21. The zero-order chi connectivity index (χ0) is 16.1. The molecule has 2 aromatic carbocycles. The van der Waals surface area contributed by atoms with Crippen LogP contribution in [0.5, 0.6) is 0 Å². The number of rotatable bonds is 5. The predicted molar refractivity (Wildman–Crippen MR) is 93.7 cm³/mol. The molecule has 23 heavy (non-hydrogen) atoms. The summed E-state index contributed by atoms with van der Waals surface area (Å²) in [6.07, 6.45) is 3.54. The molecular formula is C19H23NO2S. The molecule has 0 unspecified atom stereocenters. The molecule has 1 heterocycles. The van der Waals surface area contributed by atoms with Crippen molar-refractivity contribution in [2.24, 2.45) is 0 Å². The van der Waals surface area contributed by atoms with E-state index < -0.39 is 10.0 Å². The van der Waals surface area contributed by atoms with Gasteiger partial charge in [-0.3, -0.25) is 0 Å². The number of hydrogen-bond acceptors (Lipinski definition) is 2. The second-order valence-corrected chi connectivity index (χ2v) is 8.20. The SMILES string of the molecule is O=S1(=O)CCc2ccccc2CN1CCCCc1ccccc1. The fraction of sp³-hybridized carbons (Fsp3) is 0.368. The van der Waals surface area contributed by atoms with Crippen molar-refractivity contribution < 1.29 is 8.42 Å². The summed E-state index contributed by atoms with van der Waals surface area (Å²) >= 11 is 0. The maximum atomic E-state index is 12.5. The lowest BCUT2D eigenvalue weighted by molar-refractivity contribution is 0.398. The third-order valence-corrected chi connectivity index (χ3v) is 6.27. The molecule has 0 aromatic heterocycles. The van der Waals surface area contributed by atoms with Crippen LogP contribution in [0, 0.1) is 0 Å². The van der Waals surface area contributed by atoms with Crippen LogP contribution in [0.1, 0.15) is 29.5 Å². The van der Waals surface area contributed by atoms with Crippen LogP contribution >= 0.6 is 0 Å². The molecule has 3 rings (SSSR count). The first-order valence-electron chi connectivity index (χ1n) is 8.24. The van der Waals surface area contributed by atoms with Crippen LogP contribution in [-0.2, 0) is 29.4 Å². The molecule has 2 aromatic rings. The van der Waals surface area contributed by atoms with E-state index in [4.69, 9.17) is 0 Å². The fourth-order valence-electron chi connectivity index (χ4n) is 3.09. The lowest BCUT2D eigenvalue weighted by atomic mass is 10.1. The highest BCUT2D eigenvalue weighted by molar-refractivity contribution is 7.89. The number of nitrogens with zero attached hydrogens (tertiary/aromatic N) is 1. The number of fused-ring (bicyclic) bond motifs is 1. The van der Waals surface area contributed by atoms with Gasteiger partial charge in [-0.25, -0.2) is 8.42 Å². The van der Waals surface area contributed by atoms with E-state index >= 15 is 0 Å². The van der Waals surface area contributed by atoms with E-state index in [0.717, 1.165) is 24.8 Å². The molecule has 0 N–H and O–H groups in total. The van der Waals surface area contributed by atoms with Gasteiger partial charge in [-0.15, -0.1) is 0 Å². The standard InChI is InChI=1S/C19H23NO2S/c21-23(22)15-13-18-11-4-5-12-19(18)16-20(23)14-7-6-10-17-8-2-1-3-9-17/h1-5,8-9,11-12H,6-7,10,13-16H2. The Bertz CT molecular complexity index is 741. The second-order valence-electron chi connectivity index (χ2n) is 6.11. The van der Waals surface area contributed by atoms with Gasteiger partial charge in [-0.1, -0.05) is 54.6 Å². The monoisotopic (exact) mass is 329 g/mol. The van der Waals surface area contributed by atoms with Crippen molar-refractivity contribution in [3.8, 4) is 0 Å². The van der Waals surface area contributed by atoms with Crippen LogP contribution in [0.25, 0.3) is 0 Å². The Labute approximate surface area is 139 Å². The summed E-state index contributed by atoms with van der Waals surface area (Å²) in [5.41, 5.74) is 3.64. The van der Waals surface area contributed by atoms with Crippen LogP contribution in [0.2, 0.25) is 0 Å². The first-order chi connectivity index (χ1) is 11.1. The average Bonchev–Trinajstić information content (AvgIpc) is 2.69. The lowest BCUT2D eigenvalue weighted by Gasteiger charge is -2.20. The number of sulfonamides is 1. The van der Waals surface area contributed by atoms with Crippen molar-refractivity contribution in [2.45, 2.75) is 32.2 Å². The fourth-order valence-corrected chi connectivity index (χ4v) is 4.57. The minimum atomic E-state index is -3.14. The number of unbranched alkanes of at least 4 members (excludes halogenated alkanes) is 1. The van der Waals surface area contributed by atoms with Crippen molar-refractivity contribution in [3.63, 3.8) is 0 Å². The molecular weight excluding hydrogens is 306 g/mol. The zero-order valence-corrected chi connectivity index (χ0v) is 14.1. The van der Waals surface area contributed by atoms with Gasteiger partial charge in [0.1, 0.15) is 0 Å². The Morgan fingerprint density at radius 3 is 2.35 bits per heavy atom. The van der Waals surface area contributed by atoms with Gasteiger partial charge in [0, 0.05) is 13.1 Å². The first-order valence-corrected chi connectivity index (χ1v) is 9.84. The average molecular weight is 329 g/mol. The molecule has 1 aliphatic rings. The molecule has 122 valence electrons. The van der Waals surface area contributed by atoms with E-state index in [1.165, 1.54) is 11.1 Å². The maximum Gasteiger partial charge on any atom is 0.214 e. The normalized spacial score (nSPS) is 17.4. The molecule has 0 spiro atoms. The largest absolute Gasteiger partial charge is 0.214 e. The minimum Gasteiger partial charge on any atom is -0.212 e. The van der Waals surface area contributed by atoms with Gasteiger partial charge in [0.25, 0.3) is 0 Å².